The molecule has 1 aliphatic rings. The predicted molar refractivity (Wildman–Crippen MR) is 100 cm³/mol. The predicted octanol–water partition coefficient (Wildman–Crippen LogP) is 2.45. The van der Waals surface area contributed by atoms with Crippen LogP contribution in [0.3, 0.4) is 0 Å². The molecule has 134 valence electrons. The number of hydrogen-bond donors (Lipinski definition) is 2. The molecule has 1 fully saturated rings. The molecular formula is C18H25N5OS. The minimum absolute atomic E-state index is 0.0570. The molecule has 25 heavy (non-hydrogen) atoms. The number of carbonyl (C=O) groups excluding carboxylic acids is 1. The molecule has 2 aromatic rings. The Morgan fingerprint density at radius 1 is 1.32 bits per heavy atom. The zero-order valence-electron chi connectivity index (χ0n) is 14.5. The van der Waals surface area contributed by atoms with Crippen LogP contribution in [0, 0.1) is 5.92 Å². The molecule has 0 bridgehead atoms. The molecule has 1 atom stereocenters. The molecule has 1 unspecified atom stereocenters. The SMILES string of the molecule is CN1CCC(CCC(=O)NC(c2ccccc2)c2nnc(N)s2)CC1. The standard InChI is InChI=1S/C18H25N5OS/c1-23-11-9-13(10-12-23)7-8-15(24)20-16(14-5-3-2-4-6-14)17-21-22-18(19)25-17/h2-6,13,16H,7-12H2,1H3,(H2,19,22)(H,20,24). The lowest BCUT2D eigenvalue weighted by atomic mass is 9.92. The Balaban J connectivity index is 1.61. The zero-order valence-corrected chi connectivity index (χ0v) is 15.3. The van der Waals surface area contributed by atoms with Crippen LogP contribution in [-0.2, 0) is 4.79 Å². The van der Waals surface area contributed by atoms with Gasteiger partial charge < -0.3 is 16.0 Å². The maximum absolute atomic E-state index is 12.5. The van der Waals surface area contributed by atoms with Crippen LogP contribution in [0.25, 0.3) is 0 Å². The van der Waals surface area contributed by atoms with Crippen molar-refractivity contribution in [3.05, 3.63) is 40.9 Å². The van der Waals surface area contributed by atoms with Gasteiger partial charge in [-0.1, -0.05) is 41.7 Å². The molecule has 6 nitrogen and oxygen atoms in total. The Labute approximate surface area is 152 Å². The third kappa shape index (κ3) is 4.99. The van der Waals surface area contributed by atoms with E-state index in [0.29, 0.717) is 17.5 Å². The van der Waals surface area contributed by atoms with Crippen molar-refractivity contribution in [1.29, 1.82) is 0 Å². The summed E-state index contributed by atoms with van der Waals surface area (Å²) in [5.74, 6) is 0.704. The Bertz CT molecular complexity index is 682. The van der Waals surface area contributed by atoms with E-state index in [4.69, 9.17) is 5.73 Å². The lowest BCUT2D eigenvalue weighted by Gasteiger charge is -2.28. The summed E-state index contributed by atoms with van der Waals surface area (Å²) in [6.45, 7) is 2.26. The van der Waals surface area contributed by atoms with E-state index >= 15 is 0 Å². The van der Waals surface area contributed by atoms with Gasteiger partial charge in [0.1, 0.15) is 11.0 Å². The van der Waals surface area contributed by atoms with Gasteiger partial charge in [-0.25, -0.2) is 0 Å². The average molecular weight is 359 g/mol. The van der Waals surface area contributed by atoms with Crippen LogP contribution in [0.4, 0.5) is 5.13 Å². The highest BCUT2D eigenvalue weighted by atomic mass is 32.1. The maximum atomic E-state index is 12.5. The second-order valence-corrected chi connectivity index (χ2v) is 7.72. The van der Waals surface area contributed by atoms with Gasteiger partial charge in [-0.15, -0.1) is 10.2 Å². The van der Waals surface area contributed by atoms with Gasteiger partial charge in [-0.3, -0.25) is 4.79 Å². The van der Waals surface area contributed by atoms with Crippen LogP contribution in [0.15, 0.2) is 30.3 Å². The molecule has 1 aliphatic heterocycles. The molecule has 0 aliphatic carbocycles. The number of amides is 1. The molecular weight excluding hydrogens is 334 g/mol. The van der Waals surface area contributed by atoms with E-state index in [1.807, 2.05) is 30.3 Å². The van der Waals surface area contributed by atoms with E-state index in [1.165, 1.54) is 24.2 Å². The highest BCUT2D eigenvalue weighted by Crippen LogP contribution is 2.26. The van der Waals surface area contributed by atoms with Gasteiger partial charge in [0.25, 0.3) is 0 Å². The first kappa shape index (κ1) is 17.8. The lowest BCUT2D eigenvalue weighted by Crippen LogP contribution is -2.32. The van der Waals surface area contributed by atoms with Crippen molar-refractivity contribution in [3.8, 4) is 0 Å². The van der Waals surface area contributed by atoms with Crippen molar-refractivity contribution in [2.45, 2.75) is 31.7 Å². The number of benzene rings is 1. The molecule has 0 radical (unpaired) electrons. The summed E-state index contributed by atoms with van der Waals surface area (Å²) in [6, 6.07) is 9.55. The molecule has 2 heterocycles. The van der Waals surface area contributed by atoms with Gasteiger partial charge >= 0.3 is 0 Å². The van der Waals surface area contributed by atoms with E-state index in [9.17, 15) is 4.79 Å². The zero-order chi connectivity index (χ0) is 17.6. The Morgan fingerprint density at radius 3 is 2.68 bits per heavy atom. The Hall–Kier alpha value is -1.99. The lowest BCUT2D eigenvalue weighted by molar-refractivity contribution is -0.122. The minimum atomic E-state index is -0.291. The quantitative estimate of drug-likeness (QED) is 0.828. The van der Waals surface area contributed by atoms with Crippen LogP contribution in [0.2, 0.25) is 0 Å². The molecule has 3 N–H and O–H groups in total. The van der Waals surface area contributed by atoms with Crippen LogP contribution >= 0.6 is 11.3 Å². The second kappa shape index (κ2) is 8.40. The van der Waals surface area contributed by atoms with Crippen molar-refractivity contribution in [3.63, 3.8) is 0 Å². The fraction of sp³-hybridized carbons (Fsp3) is 0.500. The molecule has 1 saturated heterocycles. The number of aromatic nitrogens is 2. The number of rotatable bonds is 6. The molecule has 7 heteroatoms. The van der Waals surface area contributed by atoms with E-state index in [2.05, 4.69) is 27.5 Å². The number of piperidine rings is 1. The van der Waals surface area contributed by atoms with Gasteiger partial charge in [0, 0.05) is 6.42 Å². The number of carbonyl (C=O) groups is 1. The van der Waals surface area contributed by atoms with Crippen molar-refractivity contribution in [2.24, 2.45) is 5.92 Å². The highest BCUT2D eigenvalue weighted by molar-refractivity contribution is 7.15. The number of hydrogen-bond acceptors (Lipinski definition) is 6. The summed E-state index contributed by atoms with van der Waals surface area (Å²) in [5.41, 5.74) is 6.71. The number of nitrogen functional groups attached to an aromatic ring is 1. The van der Waals surface area contributed by atoms with Crippen molar-refractivity contribution in [1.82, 2.24) is 20.4 Å². The molecule has 1 aromatic carbocycles. The average Bonchev–Trinajstić information content (AvgIpc) is 3.06. The third-order valence-corrected chi connectivity index (χ3v) is 5.58. The smallest absolute Gasteiger partial charge is 0.220 e. The Kier molecular flexibility index (Phi) is 5.99. The summed E-state index contributed by atoms with van der Waals surface area (Å²) < 4.78 is 0. The van der Waals surface area contributed by atoms with Crippen molar-refractivity contribution in [2.75, 3.05) is 25.9 Å². The fourth-order valence-corrected chi connectivity index (χ4v) is 3.91. The number of nitrogens with two attached hydrogens (primary N) is 1. The molecule has 3 rings (SSSR count). The van der Waals surface area contributed by atoms with Gasteiger partial charge in [-0.05, 0) is 50.9 Å². The molecule has 1 amide bonds. The summed E-state index contributed by atoms with van der Waals surface area (Å²) in [4.78, 5) is 14.9. The molecule has 0 spiro atoms. The molecule has 0 saturated carbocycles. The van der Waals surface area contributed by atoms with Crippen LogP contribution in [0.1, 0.15) is 42.3 Å². The highest BCUT2D eigenvalue weighted by Gasteiger charge is 2.22. The molecule has 1 aromatic heterocycles. The minimum Gasteiger partial charge on any atom is -0.374 e. The first-order valence-electron chi connectivity index (χ1n) is 8.73. The van der Waals surface area contributed by atoms with Gasteiger partial charge in [-0.2, -0.15) is 0 Å². The summed E-state index contributed by atoms with van der Waals surface area (Å²) in [5, 5.41) is 12.3. The van der Waals surface area contributed by atoms with E-state index < -0.39 is 0 Å². The van der Waals surface area contributed by atoms with E-state index in [0.717, 1.165) is 30.1 Å². The number of nitrogens with zero attached hydrogens (tertiary/aromatic N) is 3. The normalized spacial score (nSPS) is 17.3. The third-order valence-electron chi connectivity index (χ3n) is 4.76. The van der Waals surface area contributed by atoms with E-state index in [1.54, 1.807) is 0 Å². The monoisotopic (exact) mass is 359 g/mol. The van der Waals surface area contributed by atoms with Gasteiger partial charge in [0.15, 0.2) is 0 Å². The number of anilines is 1. The summed E-state index contributed by atoms with van der Waals surface area (Å²) >= 11 is 1.31. The summed E-state index contributed by atoms with van der Waals surface area (Å²) in [6.07, 6.45) is 3.85. The topological polar surface area (TPSA) is 84.1 Å². The van der Waals surface area contributed by atoms with Crippen molar-refractivity contribution >= 4 is 22.4 Å². The van der Waals surface area contributed by atoms with Crippen LogP contribution < -0.4 is 11.1 Å². The Morgan fingerprint density at radius 2 is 2.04 bits per heavy atom. The van der Waals surface area contributed by atoms with E-state index in [-0.39, 0.29) is 11.9 Å². The van der Waals surface area contributed by atoms with Crippen LogP contribution in [0.5, 0.6) is 0 Å². The van der Waals surface area contributed by atoms with Crippen molar-refractivity contribution < 1.29 is 4.79 Å². The first-order valence-corrected chi connectivity index (χ1v) is 9.55. The number of nitrogens with one attached hydrogen (secondary N) is 1. The maximum Gasteiger partial charge on any atom is 0.220 e. The largest absolute Gasteiger partial charge is 0.374 e. The number of likely N-dealkylation sites (tertiary alicyclic amines) is 1. The van der Waals surface area contributed by atoms with Crippen LogP contribution in [-0.4, -0.2) is 41.1 Å². The second-order valence-electron chi connectivity index (χ2n) is 6.68. The first-order chi connectivity index (χ1) is 12.1. The van der Waals surface area contributed by atoms with Gasteiger partial charge in [0.2, 0.25) is 11.0 Å². The fourth-order valence-electron chi connectivity index (χ4n) is 3.22. The van der Waals surface area contributed by atoms with Gasteiger partial charge in [0.05, 0.1) is 0 Å². The summed E-state index contributed by atoms with van der Waals surface area (Å²) in [7, 11) is 2.15.